The Morgan fingerprint density at radius 1 is 0.919 bits per heavy atom. The number of nitrogens with one attached hydrogen (secondary N) is 2. The Hall–Kier alpha value is -4.37. The van der Waals surface area contributed by atoms with E-state index in [0.29, 0.717) is 46.5 Å². The van der Waals surface area contributed by atoms with Gasteiger partial charge in [-0.15, -0.1) is 0 Å². The van der Waals surface area contributed by atoms with Gasteiger partial charge in [-0.05, 0) is 73.5 Å². The molecule has 0 saturated carbocycles. The Bertz CT molecular complexity index is 1280. The molecule has 3 rings (SSSR count). The predicted octanol–water partition coefficient (Wildman–Crippen LogP) is 4.84. The summed E-state index contributed by atoms with van der Waals surface area (Å²) in [4.78, 5) is 36.7. The summed E-state index contributed by atoms with van der Waals surface area (Å²) in [7, 11) is 0. The van der Waals surface area contributed by atoms with E-state index < -0.39 is 17.8 Å². The fourth-order valence-electron chi connectivity index (χ4n) is 2.98. The predicted molar refractivity (Wildman–Crippen MR) is 141 cm³/mol. The van der Waals surface area contributed by atoms with Crippen molar-refractivity contribution in [3.63, 3.8) is 0 Å². The van der Waals surface area contributed by atoms with Gasteiger partial charge in [0.1, 0.15) is 5.75 Å². The molecule has 0 aromatic heterocycles. The third-order valence-electron chi connectivity index (χ3n) is 4.74. The Labute approximate surface area is 219 Å². The van der Waals surface area contributed by atoms with Crippen molar-refractivity contribution in [1.82, 2.24) is 5.43 Å². The molecule has 0 heterocycles. The van der Waals surface area contributed by atoms with Gasteiger partial charge in [0, 0.05) is 0 Å². The molecule has 0 fully saturated rings. The molecule has 10 heteroatoms. The average Bonchev–Trinajstić information content (AvgIpc) is 2.90. The van der Waals surface area contributed by atoms with E-state index in [-0.39, 0.29) is 5.75 Å². The molecule has 0 bridgehead atoms. The maximum absolute atomic E-state index is 12.6. The lowest BCUT2D eigenvalue weighted by Gasteiger charge is -2.12. The summed E-state index contributed by atoms with van der Waals surface area (Å²) in [6.07, 6.45) is 2.21. The Balaban J connectivity index is 1.62. The van der Waals surface area contributed by atoms with Crippen molar-refractivity contribution < 1.29 is 28.6 Å². The zero-order valence-electron chi connectivity index (χ0n) is 20.3. The zero-order chi connectivity index (χ0) is 26.6. The fraction of sp³-hybridized carbons (Fsp3) is 0.185. The highest BCUT2D eigenvalue weighted by Crippen LogP contribution is 2.29. The number of ether oxygens (including phenoxy) is 3. The number of carbonyl (C=O) groups excluding carboxylic acids is 3. The van der Waals surface area contributed by atoms with Crippen LogP contribution in [0.3, 0.4) is 0 Å². The fourth-order valence-corrected chi connectivity index (χ4v) is 3.16. The lowest BCUT2D eigenvalue weighted by Crippen LogP contribution is -2.32. The molecule has 0 aliphatic heterocycles. The van der Waals surface area contributed by atoms with Crippen LogP contribution in [-0.2, 0) is 9.59 Å². The van der Waals surface area contributed by atoms with Crippen LogP contribution in [0.5, 0.6) is 17.2 Å². The number of esters is 1. The Morgan fingerprint density at radius 3 is 2.38 bits per heavy atom. The van der Waals surface area contributed by atoms with Crippen LogP contribution in [0.15, 0.2) is 71.8 Å². The maximum Gasteiger partial charge on any atom is 0.343 e. The van der Waals surface area contributed by atoms with Crippen molar-refractivity contribution in [3.8, 4) is 17.2 Å². The van der Waals surface area contributed by atoms with Crippen LogP contribution in [0, 0.1) is 0 Å². The summed E-state index contributed by atoms with van der Waals surface area (Å²) in [5, 5.41) is 6.51. The Kier molecular flexibility index (Phi) is 10.0. The number of nitrogens with zero attached hydrogens (tertiary/aromatic N) is 1. The van der Waals surface area contributed by atoms with E-state index >= 15 is 0 Å². The summed E-state index contributed by atoms with van der Waals surface area (Å²) < 4.78 is 16.6. The number of rotatable bonds is 10. The number of halogens is 1. The lowest BCUT2D eigenvalue weighted by atomic mass is 10.2. The molecule has 0 aliphatic rings. The summed E-state index contributed by atoms with van der Waals surface area (Å²) in [6, 6.07) is 17.9. The largest absolute Gasteiger partial charge is 0.494 e. The van der Waals surface area contributed by atoms with Gasteiger partial charge in [-0.2, -0.15) is 5.10 Å². The third-order valence-corrected chi connectivity index (χ3v) is 5.07. The molecule has 0 radical (unpaired) electrons. The minimum Gasteiger partial charge on any atom is -0.494 e. The van der Waals surface area contributed by atoms with Gasteiger partial charge < -0.3 is 19.5 Å². The van der Waals surface area contributed by atoms with Crippen molar-refractivity contribution in [2.45, 2.75) is 20.3 Å². The highest BCUT2D eigenvalue weighted by molar-refractivity contribution is 6.41. The highest BCUT2D eigenvalue weighted by atomic mass is 35.5. The molecule has 0 saturated heterocycles. The monoisotopic (exact) mass is 523 g/mol. The maximum atomic E-state index is 12.6. The Morgan fingerprint density at radius 2 is 1.68 bits per heavy atom. The summed E-state index contributed by atoms with van der Waals surface area (Å²) in [5.74, 6) is -1.25. The third kappa shape index (κ3) is 8.08. The molecule has 2 amide bonds. The summed E-state index contributed by atoms with van der Waals surface area (Å²) in [5.41, 5.74) is 3.34. The van der Waals surface area contributed by atoms with E-state index in [1.807, 2.05) is 6.92 Å². The number of hydrogen-bond acceptors (Lipinski definition) is 7. The molecule has 3 aromatic carbocycles. The van der Waals surface area contributed by atoms with Crippen LogP contribution in [0.25, 0.3) is 0 Å². The second-order valence-corrected chi connectivity index (χ2v) is 7.94. The first-order valence-corrected chi connectivity index (χ1v) is 11.9. The summed E-state index contributed by atoms with van der Waals surface area (Å²) >= 11 is 5.98. The van der Waals surface area contributed by atoms with Crippen LogP contribution < -0.4 is 25.0 Å². The number of carbonyl (C=O) groups is 3. The van der Waals surface area contributed by atoms with E-state index in [1.165, 1.54) is 6.21 Å². The summed E-state index contributed by atoms with van der Waals surface area (Å²) in [6.45, 7) is 4.72. The van der Waals surface area contributed by atoms with Crippen molar-refractivity contribution in [2.75, 3.05) is 18.5 Å². The van der Waals surface area contributed by atoms with Gasteiger partial charge in [0.05, 0.1) is 35.7 Å². The number of benzene rings is 3. The molecular formula is C27H26ClN3O6. The van der Waals surface area contributed by atoms with Gasteiger partial charge in [-0.1, -0.05) is 30.7 Å². The van der Waals surface area contributed by atoms with Crippen LogP contribution in [0.1, 0.15) is 36.2 Å². The van der Waals surface area contributed by atoms with Gasteiger partial charge in [-0.25, -0.2) is 10.2 Å². The molecule has 37 heavy (non-hydrogen) atoms. The normalized spacial score (nSPS) is 10.6. The van der Waals surface area contributed by atoms with Crippen molar-refractivity contribution >= 4 is 41.3 Å². The van der Waals surface area contributed by atoms with E-state index in [4.69, 9.17) is 25.8 Å². The quantitative estimate of drug-likeness (QED) is 0.129. The molecule has 192 valence electrons. The van der Waals surface area contributed by atoms with Gasteiger partial charge in [0.25, 0.3) is 0 Å². The zero-order valence-corrected chi connectivity index (χ0v) is 21.1. The van der Waals surface area contributed by atoms with Gasteiger partial charge in [0.2, 0.25) is 0 Å². The standard InChI is InChI=1S/C27H26ClN3O6/c1-3-15-36-20-12-10-19(11-13-20)27(34)37-23-14-9-18(16-24(23)35-4-2)17-29-31-26(33)25(32)30-22-8-6-5-7-21(22)28/h5-14,16-17H,3-4,15H2,1-2H3,(H,30,32)(H,31,33)/b29-17+. The molecular weight excluding hydrogens is 498 g/mol. The second-order valence-electron chi connectivity index (χ2n) is 7.53. The average molecular weight is 524 g/mol. The smallest absolute Gasteiger partial charge is 0.343 e. The first-order valence-electron chi connectivity index (χ1n) is 11.5. The molecule has 3 aromatic rings. The number of anilines is 1. The molecule has 0 spiro atoms. The van der Waals surface area contributed by atoms with Crippen LogP contribution >= 0.6 is 11.6 Å². The molecule has 9 nitrogen and oxygen atoms in total. The molecule has 2 N–H and O–H groups in total. The van der Waals surface area contributed by atoms with Crippen LogP contribution in [0.4, 0.5) is 5.69 Å². The topological polar surface area (TPSA) is 115 Å². The molecule has 0 atom stereocenters. The first-order chi connectivity index (χ1) is 17.9. The molecule has 0 aliphatic carbocycles. The van der Waals surface area contributed by atoms with Crippen molar-refractivity contribution in [2.24, 2.45) is 5.10 Å². The van der Waals surface area contributed by atoms with E-state index in [0.717, 1.165) is 6.42 Å². The SMILES string of the molecule is CCCOc1ccc(C(=O)Oc2ccc(/C=N/NC(=O)C(=O)Nc3ccccc3Cl)cc2OCC)cc1. The van der Waals surface area contributed by atoms with Crippen molar-refractivity contribution in [1.29, 1.82) is 0 Å². The number of hydrazone groups is 1. The van der Waals surface area contributed by atoms with Crippen LogP contribution in [-0.4, -0.2) is 37.2 Å². The second kappa shape index (κ2) is 13.6. The minimum absolute atomic E-state index is 0.221. The van der Waals surface area contributed by atoms with Gasteiger partial charge in [0.15, 0.2) is 11.5 Å². The number of hydrogen-bond donors (Lipinski definition) is 2. The van der Waals surface area contributed by atoms with Gasteiger partial charge >= 0.3 is 17.8 Å². The van der Waals surface area contributed by atoms with E-state index in [1.54, 1.807) is 73.7 Å². The van der Waals surface area contributed by atoms with Crippen LogP contribution in [0.2, 0.25) is 5.02 Å². The number of amides is 2. The molecule has 0 unspecified atom stereocenters. The van der Waals surface area contributed by atoms with Crippen molar-refractivity contribution in [3.05, 3.63) is 82.9 Å². The van der Waals surface area contributed by atoms with Gasteiger partial charge in [-0.3, -0.25) is 9.59 Å². The number of para-hydroxylation sites is 1. The first kappa shape index (κ1) is 27.2. The lowest BCUT2D eigenvalue weighted by molar-refractivity contribution is -0.136. The minimum atomic E-state index is -0.974. The van der Waals surface area contributed by atoms with E-state index in [9.17, 15) is 14.4 Å². The van der Waals surface area contributed by atoms with E-state index in [2.05, 4.69) is 15.8 Å². The highest BCUT2D eigenvalue weighted by Gasteiger charge is 2.15.